The van der Waals surface area contributed by atoms with E-state index in [-0.39, 0.29) is 23.4 Å². The molecule has 0 saturated carbocycles. The van der Waals surface area contributed by atoms with Crippen LogP contribution in [0.25, 0.3) is 0 Å². The second-order valence-electron chi connectivity index (χ2n) is 6.61. The van der Waals surface area contributed by atoms with E-state index in [9.17, 15) is 14.9 Å². The maximum Gasteiger partial charge on any atom is 0.269 e. The molecule has 122 valence electrons. The van der Waals surface area contributed by atoms with Gasteiger partial charge in [0.2, 0.25) is 0 Å². The number of nitro groups is 1. The Hall–Kier alpha value is -2.82. The molecule has 24 heavy (non-hydrogen) atoms. The third-order valence-electron chi connectivity index (χ3n) is 4.12. The van der Waals surface area contributed by atoms with Crippen molar-refractivity contribution in [3.8, 4) is 0 Å². The normalized spacial score (nSPS) is 15.3. The van der Waals surface area contributed by atoms with Crippen LogP contribution in [-0.2, 0) is 6.42 Å². The van der Waals surface area contributed by atoms with Crippen molar-refractivity contribution in [3.05, 3.63) is 75.3 Å². The summed E-state index contributed by atoms with van der Waals surface area (Å²) in [4.78, 5) is 27.6. The third kappa shape index (κ3) is 3.25. The highest BCUT2D eigenvalue weighted by Gasteiger charge is 2.27. The number of hydrogen-bond donors (Lipinski definition) is 0. The number of hydrogen-bond acceptors (Lipinski definition) is 4. The van der Waals surface area contributed by atoms with Crippen LogP contribution in [-0.4, -0.2) is 22.0 Å². The summed E-state index contributed by atoms with van der Waals surface area (Å²) >= 11 is 0. The number of ketones is 1. The summed E-state index contributed by atoms with van der Waals surface area (Å²) in [7, 11) is 0. The Labute approximate surface area is 140 Å². The summed E-state index contributed by atoms with van der Waals surface area (Å²) in [6.45, 7) is 4.11. The number of carbonyl (C=O) groups excluding carboxylic acids is 1. The molecule has 0 amide bonds. The topological polar surface area (TPSA) is 72.6 Å². The van der Waals surface area contributed by atoms with E-state index in [1.807, 2.05) is 18.2 Å². The van der Waals surface area contributed by atoms with Gasteiger partial charge < -0.3 is 0 Å². The van der Waals surface area contributed by atoms with E-state index in [2.05, 4.69) is 19.9 Å². The minimum absolute atomic E-state index is 0.0203. The molecule has 0 radical (unpaired) electrons. The lowest BCUT2D eigenvalue weighted by molar-refractivity contribution is -0.384. The molecule has 0 fully saturated rings. The molecule has 0 spiro atoms. The van der Waals surface area contributed by atoms with E-state index in [1.54, 1.807) is 0 Å². The van der Waals surface area contributed by atoms with Gasteiger partial charge in [0.1, 0.15) is 0 Å². The van der Waals surface area contributed by atoms with E-state index in [0.29, 0.717) is 5.56 Å². The number of aliphatic imine (C=N–C) groups is 1. The van der Waals surface area contributed by atoms with E-state index in [0.717, 1.165) is 17.7 Å². The Morgan fingerprint density at radius 3 is 2.50 bits per heavy atom. The molecule has 0 saturated heterocycles. The second-order valence-corrected chi connectivity index (χ2v) is 6.61. The van der Waals surface area contributed by atoms with Gasteiger partial charge in [-0.15, -0.1) is 0 Å². The number of fused-ring (bicyclic) bond motifs is 1. The van der Waals surface area contributed by atoms with Gasteiger partial charge in [0.05, 0.1) is 22.6 Å². The van der Waals surface area contributed by atoms with Crippen LogP contribution in [0.5, 0.6) is 0 Å². The van der Waals surface area contributed by atoms with Crippen molar-refractivity contribution < 1.29 is 9.72 Å². The Kier molecular flexibility index (Phi) is 4.01. The molecule has 2 aromatic carbocycles. The number of non-ortho nitro benzene ring substituents is 1. The van der Waals surface area contributed by atoms with Gasteiger partial charge >= 0.3 is 0 Å². The van der Waals surface area contributed by atoms with Gasteiger partial charge in [0.25, 0.3) is 5.69 Å². The Balaban J connectivity index is 1.87. The third-order valence-corrected chi connectivity index (χ3v) is 4.12. The van der Waals surface area contributed by atoms with Gasteiger partial charge in [-0.2, -0.15) is 0 Å². The molecular weight excluding hydrogens is 304 g/mol. The van der Waals surface area contributed by atoms with Gasteiger partial charge in [-0.3, -0.25) is 19.9 Å². The molecule has 0 atom stereocenters. The summed E-state index contributed by atoms with van der Waals surface area (Å²) in [6, 6.07) is 13.7. The summed E-state index contributed by atoms with van der Waals surface area (Å²) in [6.07, 6.45) is 1.04. The molecule has 0 bridgehead atoms. The molecule has 0 aromatic heterocycles. The van der Waals surface area contributed by atoms with E-state index in [1.165, 1.54) is 29.8 Å². The zero-order valence-electron chi connectivity index (χ0n) is 13.7. The Morgan fingerprint density at radius 2 is 1.83 bits per heavy atom. The molecule has 1 aliphatic heterocycles. The number of benzene rings is 2. The molecule has 0 unspecified atom stereocenters. The average Bonchev–Trinajstić information content (AvgIpc) is 2.53. The van der Waals surface area contributed by atoms with E-state index < -0.39 is 4.92 Å². The van der Waals surface area contributed by atoms with Crippen LogP contribution >= 0.6 is 0 Å². The van der Waals surface area contributed by atoms with E-state index in [4.69, 9.17) is 4.99 Å². The lowest BCUT2D eigenvalue weighted by Gasteiger charge is -2.29. The summed E-state index contributed by atoms with van der Waals surface area (Å²) in [5, 5.41) is 10.7. The number of Topliss-reactive ketones (excluding diaryl/α,β-unsaturated/α-hetero) is 1. The number of nitro benzene ring substituents is 1. The minimum atomic E-state index is -0.474. The van der Waals surface area contributed by atoms with Crippen LogP contribution in [0.2, 0.25) is 0 Å². The summed E-state index contributed by atoms with van der Waals surface area (Å²) in [5.74, 6) is -0.0869. The van der Waals surface area contributed by atoms with Crippen LogP contribution in [0.15, 0.2) is 53.5 Å². The maximum atomic E-state index is 12.6. The van der Waals surface area contributed by atoms with Crippen molar-refractivity contribution in [2.45, 2.75) is 32.2 Å². The monoisotopic (exact) mass is 322 g/mol. The molecule has 0 N–H and O–H groups in total. The number of rotatable bonds is 4. The van der Waals surface area contributed by atoms with Gasteiger partial charge in [-0.05, 0) is 43.5 Å². The molecule has 1 heterocycles. The minimum Gasteiger partial charge on any atom is -0.294 e. The Morgan fingerprint density at radius 1 is 1.17 bits per heavy atom. The maximum absolute atomic E-state index is 12.6. The van der Waals surface area contributed by atoms with Crippen molar-refractivity contribution in [2.75, 3.05) is 0 Å². The zero-order valence-corrected chi connectivity index (χ0v) is 13.7. The lowest BCUT2D eigenvalue weighted by Crippen LogP contribution is -2.29. The molecule has 1 aliphatic rings. The first kappa shape index (κ1) is 16.1. The molecule has 0 aliphatic carbocycles. The fraction of sp³-hybridized carbons (Fsp3) is 0.263. The predicted octanol–water partition coefficient (Wildman–Crippen LogP) is 3.99. The van der Waals surface area contributed by atoms with Crippen molar-refractivity contribution in [1.82, 2.24) is 0 Å². The molecular formula is C19H18N2O3. The zero-order chi connectivity index (χ0) is 17.3. The van der Waals surface area contributed by atoms with Crippen molar-refractivity contribution in [2.24, 2.45) is 4.99 Å². The predicted molar refractivity (Wildman–Crippen MR) is 92.8 cm³/mol. The standard InChI is InChI=1S/C19H18N2O3/c1-19(2)12-14-5-3-4-6-16(14)17(20-19)11-18(22)13-7-9-15(10-8-13)21(23)24/h3-10H,11-12H2,1-2H3. The first-order chi connectivity index (χ1) is 11.4. The quantitative estimate of drug-likeness (QED) is 0.485. The van der Waals surface area contributed by atoms with Crippen LogP contribution in [0.3, 0.4) is 0 Å². The van der Waals surface area contributed by atoms with E-state index >= 15 is 0 Å². The largest absolute Gasteiger partial charge is 0.294 e. The van der Waals surface area contributed by atoms with Gasteiger partial charge in [0, 0.05) is 17.7 Å². The molecule has 5 nitrogen and oxygen atoms in total. The highest BCUT2D eigenvalue weighted by atomic mass is 16.6. The van der Waals surface area contributed by atoms with Crippen molar-refractivity contribution in [3.63, 3.8) is 0 Å². The summed E-state index contributed by atoms with van der Waals surface area (Å²) < 4.78 is 0. The van der Waals surface area contributed by atoms with Crippen LogP contribution in [0.1, 0.15) is 41.8 Å². The SMILES string of the molecule is CC1(C)Cc2ccccc2C(CC(=O)c2ccc([N+](=O)[O-])cc2)=N1. The smallest absolute Gasteiger partial charge is 0.269 e. The number of carbonyl (C=O) groups is 1. The first-order valence-corrected chi connectivity index (χ1v) is 7.80. The fourth-order valence-electron chi connectivity index (χ4n) is 3.05. The van der Waals surface area contributed by atoms with Gasteiger partial charge in [-0.25, -0.2) is 0 Å². The summed E-state index contributed by atoms with van der Waals surface area (Å²) in [5.41, 5.74) is 3.21. The van der Waals surface area contributed by atoms with Crippen LogP contribution < -0.4 is 0 Å². The van der Waals surface area contributed by atoms with Gasteiger partial charge in [-0.1, -0.05) is 24.3 Å². The second kappa shape index (κ2) is 6.00. The van der Waals surface area contributed by atoms with Gasteiger partial charge in [0.15, 0.2) is 5.78 Å². The van der Waals surface area contributed by atoms with Crippen LogP contribution in [0.4, 0.5) is 5.69 Å². The van der Waals surface area contributed by atoms with Crippen LogP contribution in [0, 0.1) is 10.1 Å². The first-order valence-electron chi connectivity index (χ1n) is 7.80. The lowest BCUT2D eigenvalue weighted by atomic mass is 9.85. The molecule has 2 aromatic rings. The average molecular weight is 322 g/mol. The van der Waals surface area contributed by atoms with Crippen molar-refractivity contribution >= 4 is 17.2 Å². The fourth-order valence-corrected chi connectivity index (χ4v) is 3.05. The number of nitrogens with zero attached hydrogens (tertiary/aromatic N) is 2. The van der Waals surface area contributed by atoms with Crippen molar-refractivity contribution in [1.29, 1.82) is 0 Å². The molecule has 3 rings (SSSR count). The highest BCUT2D eigenvalue weighted by Crippen LogP contribution is 2.28. The highest BCUT2D eigenvalue weighted by molar-refractivity contribution is 6.16. The molecule has 5 heteroatoms. The Bertz CT molecular complexity index is 836.